The molecule has 0 aliphatic carbocycles. The number of hydrogen-bond donors (Lipinski definition) is 1. The van der Waals surface area contributed by atoms with Gasteiger partial charge in [0.25, 0.3) is 0 Å². The maximum absolute atomic E-state index is 13.5. The molecule has 18 heavy (non-hydrogen) atoms. The van der Waals surface area contributed by atoms with Gasteiger partial charge in [0.2, 0.25) is 0 Å². The van der Waals surface area contributed by atoms with Crippen LogP contribution in [0.3, 0.4) is 0 Å². The predicted octanol–water partition coefficient (Wildman–Crippen LogP) is 0.897. The zero-order valence-corrected chi connectivity index (χ0v) is 10.6. The van der Waals surface area contributed by atoms with Crippen LogP contribution in [0.1, 0.15) is 11.3 Å². The molecule has 2 N–H and O–H groups in total. The Hall–Kier alpha value is -1.74. The summed E-state index contributed by atoms with van der Waals surface area (Å²) in [6, 6.07) is 13.1. The first-order chi connectivity index (χ1) is 8.75. The molecule has 2 nitrogen and oxygen atoms in total. The van der Waals surface area contributed by atoms with E-state index >= 15 is 0 Å². The van der Waals surface area contributed by atoms with E-state index in [4.69, 9.17) is 0 Å². The van der Waals surface area contributed by atoms with Gasteiger partial charge in [-0.15, -0.1) is 0 Å². The van der Waals surface area contributed by atoms with Gasteiger partial charge < -0.3 is 4.90 Å². The van der Waals surface area contributed by atoms with Gasteiger partial charge in [0.15, 0.2) is 11.9 Å². The highest BCUT2D eigenvalue weighted by Gasteiger charge is 2.09. The Morgan fingerprint density at radius 2 is 1.89 bits per heavy atom. The third kappa shape index (κ3) is 3.64. The summed E-state index contributed by atoms with van der Waals surface area (Å²) in [6.45, 7) is 1.70. The lowest BCUT2D eigenvalue weighted by atomic mass is 10.2. The van der Waals surface area contributed by atoms with Crippen molar-refractivity contribution in [2.24, 2.45) is 0 Å². The number of likely N-dealkylation sites (N-methyl/N-ethyl adjacent to an activating group) is 1. The van der Waals surface area contributed by atoms with Crippen molar-refractivity contribution < 1.29 is 14.3 Å². The van der Waals surface area contributed by atoms with Crippen LogP contribution in [0, 0.1) is 5.82 Å². The first-order valence-corrected chi connectivity index (χ1v) is 6.26. The van der Waals surface area contributed by atoms with Crippen molar-refractivity contribution in [3.63, 3.8) is 0 Å². The fourth-order valence-corrected chi connectivity index (χ4v) is 1.99. The number of aromatic nitrogens is 1. The topological polar surface area (TPSA) is 18.6 Å². The Morgan fingerprint density at radius 1 is 1.11 bits per heavy atom. The Balaban J connectivity index is 1.86. The molecule has 1 unspecified atom stereocenters. The Labute approximate surface area is 107 Å². The van der Waals surface area contributed by atoms with Crippen LogP contribution in [-0.4, -0.2) is 13.6 Å². The van der Waals surface area contributed by atoms with Crippen LogP contribution in [0.15, 0.2) is 48.7 Å². The van der Waals surface area contributed by atoms with Crippen LogP contribution in [0.2, 0.25) is 0 Å². The molecule has 0 bridgehead atoms. The van der Waals surface area contributed by atoms with Crippen LogP contribution < -0.4 is 9.88 Å². The van der Waals surface area contributed by atoms with Crippen molar-refractivity contribution >= 4 is 0 Å². The molecule has 1 atom stereocenters. The van der Waals surface area contributed by atoms with Gasteiger partial charge in [-0.25, -0.2) is 9.37 Å². The molecular formula is C15H19FN2+2. The Morgan fingerprint density at radius 3 is 2.61 bits per heavy atom. The largest absolute Gasteiger partial charge is 0.333 e. The molecule has 0 saturated heterocycles. The van der Waals surface area contributed by atoms with Gasteiger partial charge in [0, 0.05) is 17.7 Å². The molecule has 0 amide bonds. The molecule has 2 aromatic rings. The molecule has 3 heteroatoms. The van der Waals surface area contributed by atoms with E-state index in [1.54, 1.807) is 6.07 Å². The maximum atomic E-state index is 13.5. The smallest absolute Gasteiger partial charge is 0.185 e. The third-order valence-corrected chi connectivity index (χ3v) is 3.04. The van der Waals surface area contributed by atoms with E-state index < -0.39 is 0 Å². The molecule has 0 saturated carbocycles. The Kier molecular flexibility index (Phi) is 4.42. The quantitative estimate of drug-likeness (QED) is 0.808. The molecule has 0 radical (unpaired) electrons. The summed E-state index contributed by atoms with van der Waals surface area (Å²) < 4.78 is 13.5. The summed E-state index contributed by atoms with van der Waals surface area (Å²) in [5.74, 6) is -0.108. The van der Waals surface area contributed by atoms with E-state index in [0.29, 0.717) is 0 Å². The number of nitrogens with one attached hydrogen (secondary N) is 2. The van der Waals surface area contributed by atoms with E-state index in [0.717, 1.165) is 25.1 Å². The molecule has 1 aromatic heterocycles. The van der Waals surface area contributed by atoms with Gasteiger partial charge >= 0.3 is 0 Å². The molecule has 1 heterocycles. The van der Waals surface area contributed by atoms with Gasteiger partial charge in [-0.1, -0.05) is 24.3 Å². The lowest BCUT2D eigenvalue weighted by Gasteiger charge is -2.13. The fraction of sp³-hybridized carbons (Fsp3) is 0.267. The minimum absolute atomic E-state index is 0.108. The summed E-state index contributed by atoms with van der Waals surface area (Å²) in [7, 11) is 2.09. The van der Waals surface area contributed by atoms with Gasteiger partial charge in [-0.2, -0.15) is 0 Å². The van der Waals surface area contributed by atoms with Crippen molar-refractivity contribution in [3.05, 3.63) is 65.7 Å². The second kappa shape index (κ2) is 6.26. The average Bonchev–Trinajstić information content (AvgIpc) is 2.40. The molecule has 0 aliphatic heterocycles. The normalized spacial score (nSPS) is 12.3. The number of pyridine rings is 1. The predicted molar refractivity (Wildman–Crippen MR) is 68.6 cm³/mol. The number of H-pyrrole nitrogens is 1. The van der Waals surface area contributed by atoms with Crippen LogP contribution in [0.5, 0.6) is 0 Å². The second-order valence-corrected chi connectivity index (χ2v) is 4.61. The molecule has 2 rings (SSSR count). The summed E-state index contributed by atoms with van der Waals surface area (Å²) >= 11 is 0. The van der Waals surface area contributed by atoms with Gasteiger partial charge in [0.1, 0.15) is 12.4 Å². The number of quaternary nitrogens is 1. The van der Waals surface area contributed by atoms with E-state index in [1.165, 1.54) is 16.7 Å². The van der Waals surface area contributed by atoms with Crippen LogP contribution >= 0.6 is 0 Å². The molecule has 94 valence electrons. The lowest BCUT2D eigenvalue weighted by Crippen LogP contribution is -3.07. The van der Waals surface area contributed by atoms with Crippen molar-refractivity contribution in [2.75, 3.05) is 13.6 Å². The van der Waals surface area contributed by atoms with E-state index in [2.05, 4.69) is 18.1 Å². The average molecular weight is 246 g/mol. The highest BCUT2D eigenvalue weighted by atomic mass is 19.1. The third-order valence-electron chi connectivity index (χ3n) is 3.04. The number of halogens is 1. The summed E-state index contributed by atoms with van der Waals surface area (Å²) in [6.07, 6.45) is 2.91. The Bertz CT molecular complexity index is 485. The van der Waals surface area contributed by atoms with Crippen LogP contribution in [0.25, 0.3) is 0 Å². The van der Waals surface area contributed by atoms with E-state index in [9.17, 15) is 4.39 Å². The summed E-state index contributed by atoms with van der Waals surface area (Å²) in [4.78, 5) is 4.51. The van der Waals surface area contributed by atoms with Crippen molar-refractivity contribution in [2.45, 2.75) is 13.0 Å². The SMILES string of the molecule is C[NH+](CCc1cccc[nH+]1)Cc1ccccc1F. The molecular weight excluding hydrogens is 227 g/mol. The van der Waals surface area contributed by atoms with Crippen molar-refractivity contribution in [3.8, 4) is 0 Å². The minimum atomic E-state index is -0.108. The number of rotatable bonds is 5. The van der Waals surface area contributed by atoms with Crippen LogP contribution in [0.4, 0.5) is 4.39 Å². The molecule has 0 aliphatic rings. The molecule has 0 spiro atoms. The van der Waals surface area contributed by atoms with Crippen molar-refractivity contribution in [1.29, 1.82) is 0 Å². The van der Waals surface area contributed by atoms with E-state index in [-0.39, 0.29) is 5.82 Å². The highest BCUT2D eigenvalue weighted by Crippen LogP contribution is 2.03. The number of aromatic amines is 1. The highest BCUT2D eigenvalue weighted by molar-refractivity contribution is 5.15. The second-order valence-electron chi connectivity index (χ2n) is 4.61. The first kappa shape index (κ1) is 12.7. The van der Waals surface area contributed by atoms with Crippen molar-refractivity contribution in [1.82, 2.24) is 0 Å². The van der Waals surface area contributed by atoms with Gasteiger partial charge in [-0.3, -0.25) is 0 Å². The van der Waals surface area contributed by atoms with Gasteiger partial charge in [-0.05, 0) is 6.07 Å². The fourth-order valence-electron chi connectivity index (χ4n) is 1.99. The monoisotopic (exact) mass is 246 g/mol. The number of benzene rings is 1. The van der Waals surface area contributed by atoms with Gasteiger partial charge in [0.05, 0.1) is 20.0 Å². The zero-order valence-electron chi connectivity index (χ0n) is 10.6. The number of hydrogen-bond acceptors (Lipinski definition) is 0. The summed E-state index contributed by atoms with van der Waals surface area (Å²) in [5, 5.41) is 0. The van der Waals surface area contributed by atoms with Crippen LogP contribution in [-0.2, 0) is 13.0 Å². The van der Waals surface area contributed by atoms with E-state index in [1.807, 2.05) is 30.5 Å². The lowest BCUT2D eigenvalue weighted by molar-refractivity contribution is -0.894. The molecule has 1 aromatic carbocycles. The standard InChI is InChI=1S/C15H17FN2/c1-18(11-9-14-7-4-5-10-17-14)12-13-6-2-3-8-15(13)16/h2-8,10H,9,11-12H2,1H3/p+2. The summed E-state index contributed by atoms with van der Waals surface area (Å²) in [5.41, 5.74) is 2.00. The molecule has 0 fully saturated rings. The first-order valence-electron chi connectivity index (χ1n) is 6.26. The minimum Gasteiger partial charge on any atom is -0.333 e. The maximum Gasteiger partial charge on any atom is 0.185 e. The zero-order chi connectivity index (χ0) is 12.8.